The standard InChI is InChI=1S/C11H15NO4S2/c1-8(11(13)14)18(15,16)12-5-2-3-10(12)9-4-6-17-7-9/h4,6-8,10H,2-3,5H2,1H3,(H,13,14). The predicted molar refractivity (Wildman–Crippen MR) is 69.0 cm³/mol. The maximum absolute atomic E-state index is 12.2. The number of carboxylic acid groups (broad SMARTS) is 1. The molecule has 2 unspecified atom stereocenters. The minimum Gasteiger partial charge on any atom is -0.480 e. The molecule has 0 saturated carbocycles. The summed E-state index contributed by atoms with van der Waals surface area (Å²) in [4.78, 5) is 10.9. The number of aliphatic carboxylic acids is 1. The third-order valence-electron chi connectivity index (χ3n) is 3.25. The third kappa shape index (κ3) is 2.30. The van der Waals surface area contributed by atoms with Crippen molar-refractivity contribution in [3.05, 3.63) is 22.4 Å². The molecule has 2 heterocycles. The number of rotatable bonds is 4. The van der Waals surface area contributed by atoms with Crippen LogP contribution in [0.2, 0.25) is 0 Å². The van der Waals surface area contributed by atoms with E-state index in [1.807, 2.05) is 16.8 Å². The molecule has 1 aromatic heterocycles. The highest BCUT2D eigenvalue weighted by atomic mass is 32.2. The lowest BCUT2D eigenvalue weighted by molar-refractivity contribution is -0.136. The molecule has 0 spiro atoms. The fourth-order valence-electron chi connectivity index (χ4n) is 2.17. The number of hydrogen-bond donors (Lipinski definition) is 1. The van der Waals surface area contributed by atoms with E-state index in [-0.39, 0.29) is 6.04 Å². The Morgan fingerprint density at radius 2 is 2.33 bits per heavy atom. The SMILES string of the molecule is CC(C(=O)O)S(=O)(=O)N1CCCC1c1ccsc1. The molecule has 1 aliphatic rings. The molecular weight excluding hydrogens is 274 g/mol. The lowest BCUT2D eigenvalue weighted by Gasteiger charge is -2.25. The number of thiophene rings is 1. The summed E-state index contributed by atoms with van der Waals surface area (Å²) in [5, 5.41) is 11.3. The second kappa shape index (κ2) is 4.99. The first-order valence-electron chi connectivity index (χ1n) is 5.70. The Kier molecular flexibility index (Phi) is 3.74. The maximum atomic E-state index is 12.2. The van der Waals surface area contributed by atoms with Gasteiger partial charge in [0.1, 0.15) is 0 Å². The Balaban J connectivity index is 2.30. The molecule has 1 N–H and O–H groups in total. The molecule has 7 heteroatoms. The lowest BCUT2D eigenvalue weighted by Crippen LogP contribution is -2.40. The minimum absolute atomic E-state index is 0.206. The quantitative estimate of drug-likeness (QED) is 0.915. The zero-order valence-corrected chi connectivity index (χ0v) is 11.6. The van der Waals surface area contributed by atoms with Crippen LogP contribution in [-0.2, 0) is 14.8 Å². The van der Waals surface area contributed by atoms with Crippen molar-refractivity contribution in [1.82, 2.24) is 4.31 Å². The Morgan fingerprint density at radius 3 is 2.89 bits per heavy atom. The van der Waals surface area contributed by atoms with Gasteiger partial charge in [0.05, 0.1) is 6.04 Å². The van der Waals surface area contributed by atoms with Gasteiger partial charge in [0.2, 0.25) is 10.0 Å². The Bertz CT molecular complexity index is 523. The third-order valence-corrected chi connectivity index (χ3v) is 6.14. The minimum atomic E-state index is -3.77. The molecule has 1 aromatic rings. The van der Waals surface area contributed by atoms with Crippen molar-refractivity contribution in [3.8, 4) is 0 Å². The van der Waals surface area contributed by atoms with Crippen LogP contribution >= 0.6 is 11.3 Å². The number of nitrogens with zero attached hydrogens (tertiary/aromatic N) is 1. The van der Waals surface area contributed by atoms with Crippen molar-refractivity contribution in [3.63, 3.8) is 0 Å². The van der Waals surface area contributed by atoms with Crippen LogP contribution in [-0.4, -0.2) is 35.6 Å². The van der Waals surface area contributed by atoms with Crippen LogP contribution in [0, 0.1) is 0 Å². The van der Waals surface area contributed by atoms with Gasteiger partial charge in [-0.15, -0.1) is 0 Å². The van der Waals surface area contributed by atoms with E-state index in [2.05, 4.69) is 0 Å². The van der Waals surface area contributed by atoms with E-state index in [0.717, 1.165) is 18.4 Å². The van der Waals surface area contributed by atoms with E-state index >= 15 is 0 Å². The van der Waals surface area contributed by atoms with Gasteiger partial charge in [0, 0.05) is 6.54 Å². The first kappa shape index (κ1) is 13.5. The topological polar surface area (TPSA) is 74.7 Å². The van der Waals surface area contributed by atoms with Crippen LogP contribution in [0.1, 0.15) is 31.4 Å². The average Bonchev–Trinajstić information content (AvgIpc) is 2.97. The molecule has 5 nitrogen and oxygen atoms in total. The highest BCUT2D eigenvalue weighted by Gasteiger charge is 2.40. The summed E-state index contributed by atoms with van der Waals surface area (Å²) in [6.45, 7) is 1.63. The Morgan fingerprint density at radius 1 is 1.61 bits per heavy atom. The molecule has 0 aromatic carbocycles. The van der Waals surface area contributed by atoms with Gasteiger partial charge in [-0.3, -0.25) is 4.79 Å². The second-order valence-electron chi connectivity index (χ2n) is 4.35. The molecule has 18 heavy (non-hydrogen) atoms. The first-order valence-corrected chi connectivity index (χ1v) is 8.14. The van der Waals surface area contributed by atoms with Crippen molar-refractivity contribution in [2.24, 2.45) is 0 Å². The van der Waals surface area contributed by atoms with Gasteiger partial charge in [-0.25, -0.2) is 8.42 Å². The zero-order chi connectivity index (χ0) is 13.3. The molecule has 0 radical (unpaired) electrons. The summed E-state index contributed by atoms with van der Waals surface area (Å²) in [6, 6.07) is 1.69. The molecule has 2 rings (SSSR count). The fraction of sp³-hybridized carbons (Fsp3) is 0.545. The lowest BCUT2D eigenvalue weighted by atomic mass is 10.1. The molecule has 0 amide bonds. The molecule has 1 saturated heterocycles. The normalized spacial score (nSPS) is 23.1. The van der Waals surface area contributed by atoms with E-state index in [1.54, 1.807) is 0 Å². The van der Waals surface area contributed by atoms with Gasteiger partial charge in [0.15, 0.2) is 5.25 Å². The summed E-state index contributed by atoms with van der Waals surface area (Å²) >= 11 is 1.52. The molecule has 0 aliphatic carbocycles. The van der Waals surface area contributed by atoms with E-state index in [0.29, 0.717) is 6.54 Å². The molecule has 100 valence electrons. The molecule has 1 fully saturated rings. The first-order chi connectivity index (χ1) is 8.44. The highest BCUT2D eigenvalue weighted by Crippen LogP contribution is 2.36. The van der Waals surface area contributed by atoms with Crippen molar-refractivity contribution in [1.29, 1.82) is 0 Å². The summed E-state index contributed by atoms with van der Waals surface area (Å²) in [5.41, 5.74) is 0.957. The van der Waals surface area contributed by atoms with Crippen molar-refractivity contribution in [2.45, 2.75) is 31.1 Å². The number of hydrogen-bond acceptors (Lipinski definition) is 4. The van der Waals surface area contributed by atoms with Gasteiger partial charge in [0.25, 0.3) is 0 Å². The highest BCUT2D eigenvalue weighted by molar-refractivity contribution is 7.90. The molecule has 1 aliphatic heterocycles. The van der Waals surface area contributed by atoms with E-state index in [4.69, 9.17) is 5.11 Å². The van der Waals surface area contributed by atoms with Crippen molar-refractivity contribution in [2.75, 3.05) is 6.54 Å². The van der Waals surface area contributed by atoms with E-state index < -0.39 is 21.2 Å². The average molecular weight is 289 g/mol. The summed E-state index contributed by atoms with van der Waals surface area (Å²) in [7, 11) is -3.77. The number of sulfonamides is 1. The van der Waals surface area contributed by atoms with Crippen LogP contribution in [0.25, 0.3) is 0 Å². The van der Waals surface area contributed by atoms with Crippen LogP contribution in [0.5, 0.6) is 0 Å². The Labute approximate surface area is 110 Å². The van der Waals surface area contributed by atoms with Gasteiger partial charge in [-0.2, -0.15) is 15.6 Å². The Hall–Kier alpha value is -0.920. The van der Waals surface area contributed by atoms with Crippen LogP contribution in [0.3, 0.4) is 0 Å². The monoisotopic (exact) mass is 289 g/mol. The van der Waals surface area contributed by atoms with E-state index in [1.165, 1.54) is 22.6 Å². The van der Waals surface area contributed by atoms with E-state index in [9.17, 15) is 13.2 Å². The molecule has 2 atom stereocenters. The van der Waals surface area contributed by atoms with Gasteiger partial charge >= 0.3 is 5.97 Å². The number of carbonyl (C=O) groups is 1. The smallest absolute Gasteiger partial charge is 0.323 e. The molecular formula is C11H15NO4S2. The van der Waals surface area contributed by atoms with Gasteiger partial charge < -0.3 is 5.11 Å². The maximum Gasteiger partial charge on any atom is 0.323 e. The number of carboxylic acids is 1. The summed E-state index contributed by atoms with van der Waals surface area (Å²) < 4.78 is 25.8. The zero-order valence-electron chi connectivity index (χ0n) is 9.94. The van der Waals surface area contributed by atoms with Gasteiger partial charge in [-0.05, 0) is 42.2 Å². The van der Waals surface area contributed by atoms with Crippen molar-refractivity contribution < 1.29 is 18.3 Å². The summed E-state index contributed by atoms with van der Waals surface area (Å²) in [5.74, 6) is -1.30. The van der Waals surface area contributed by atoms with Crippen LogP contribution in [0.4, 0.5) is 0 Å². The molecule has 0 bridgehead atoms. The predicted octanol–water partition coefficient (Wildman–Crippen LogP) is 1.69. The van der Waals surface area contributed by atoms with Crippen molar-refractivity contribution >= 4 is 27.3 Å². The van der Waals surface area contributed by atoms with Crippen LogP contribution < -0.4 is 0 Å². The summed E-state index contributed by atoms with van der Waals surface area (Å²) in [6.07, 6.45) is 1.52. The fourth-order valence-corrected chi connectivity index (χ4v) is 4.51. The second-order valence-corrected chi connectivity index (χ2v) is 7.34. The van der Waals surface area contributed by atoms with Gasteiger partial charge in [-0.1, -0.05) is 0 Å². The van der Waals surface area contributed by atoms with Crippen LogP contribution in [0.15, 0.2) is 16.8 Å². The largest absolute Gasteiger partial charge is 0.480 e.